The van der Waals surface area contributed by atoms with Gasteiger partial charge in [0.2, 0.25) is 0 Å². The van der Waals surface area contributed by atoms with Crippen LogP contribution < -0.4 is 10.2 Å². The number of pyridine rings is 1. The summed E-state index contributed by atoms with van der Waals surface area (Å²) in [7, 11) is 0. The van der Waals surface area contributed by atoms with Gasteiger partial charge in [0.05, 0.1) is 30.0 Å². The third-order valence-electron chi connectivity index (χ3n) is 5.54. The number of hydrogen-bond acceptors (Lipinski definition) is 8. The normalized spacial score (nSPS) is 16.7. The Kier molecular flexibility index (Phi) is 5.74. The fraction of sp³-hybridized carbons (Fsp3) is 0.409. The van der Waals surface area contributed by atoms with Crippen LogP contribution in [0.25, 0.3) is 11.4 Å². The SMILES string of the molecule is Cc1cnc(Nc2cnc(-c3ccc(N4CCC[C@H](C(C)C)C4)nn3)c(O)c2)cn1. The zero-order chi connectivity index (χ0) is 21.1. The molecule has 0 saturated carbocycles. The van der Waals surface area contributed by atoms with E-state index >= 15 is 0 Å². The van der Waals surface area contributed by atoms with Crippen molar-refractivity contribution in [2.24, 2.45) is 11.8 Å². The van der Waals surface area contributed by atoms with Gasteiger partial charge < -0.3 is 15.3 Å². The van der Waals surface area contributed by atoms with Crippen LogP contribution in [0, 0.1) is 18.8 Å². The molecule has 4 rings (SSSR count). The second-order valence-electron chi connectivity index (χ2n) is 8.13. The number of nitrogens with one attached hydrogen (secondary N) is 1. The first-order valence-corrected chi connectivity index (χ1v) is 10.3. The molecule has 0 amide bonds. The minimum Gasteiger partial charge on any atom is -0.506 e. The topological polar surface area (TPSA) is 100.0 Å². The molecule has 3 aromatic rings. The Morgan fingerprint density at radius 3 is 2.63 bits per heavy atom. The smallest absolute Gasteiger partial charge is 0.151 e. The number of piperidine rings is 1. The third kappa shape index (κ3) is 4.48. The molecule has 1 atom stereocenters. The van der Waals surface area contributed by atoms with Crippen molar-refractivity contribution < 1.29 is 5.11 Å². The number of nitrogens with zero attached hydrogens (tertiary/aromatic N) is 6. The molecule has 8 nitrogen and oxygen atoms in total. The van der Waals surface area contributed by atoms with E-state index in [0.717, 1.165) is 24.6 Å². The molecule has 1 aliphatic rings. The summed E-state index contributed by atoms with van der Waals surface area (Å²) in [6.07, 6.45) is 7.38. The molecule has 0 radical (unpaired) electrons. The lowest BCUT2D eigenvalue weighted by Gasteiger charge is -2.35. The number of aromatic hydroxyl groups is 1. The van der Waals surface area contributed by atoms with Crippen LogP contribution in [0.15, 0.2) is 36.8 Å². The lowest BCUT2D eigenvalue weighted by molar-refractivity contribution is 0.320. The fourth-order valence-corrected chi connectivity index (χ4v) is 3.71. The molecule has 8 heteroatoms. The molecule has 156 valence electrons. The van der Waals surface area contributed by atoms with Crippen LogP contribution in [0.1, 0.15) is 32.4 Å². The van der Waals surface area contributed by atoms with E-state index in [1.165, 1.54) is 12.8 Å². The molecule has 0 unspecified atom stereocenters. The Labute approximate surface area is 176 Å². The average molecular weight is 406 g/mol. The first kappa shape index (κ1) is 20.0. The van der Waals surface area contributed by atoms with Gasteiger partial charge in [0, 0.05) is 19.2 Å². The van der Waals surface area contributed by atoms with Crippen LogP contribution in [0.4, 0.5) is 17.3 Å². The zero-order valence-corrected chi connectivity index (χ0v) is 17.6. The van der Waals surface area contributed by atoms with Gasteiger partial charge >= 0.3 is 0 Å². The van der Waals surface area contributed by atoms with Crippen molar-refractivity contribution >= 4 is 17.3 Å². The van der Waals surface area contributed by atoms with Gasteiger partial charge in [-0.3, -0.25) is 4.98 Å². The molecule has 0 bridgehead atoms. The van der Waals surface area contributed by atoms with E-state index < -0.39 is 0 Å². The second kappa shape index (κ2) is 8.61. The minimum absolute atomic E-state index is 0.0277. The Morgan fingerprint density at radius 1 is 1.10 bits per heavy atom. The van der Waals surface area contributed by atoms with Crippen LogP contribution in [-0.4, -0.2) is 43.3 Å². The van der Waals surface area contributed by atoms with Crippen molar-refractivity contribution in [3.05, 3.63) is 42.5 Å². The first-order valence-electron chi connectivity index (χ1n) is 10.3. The molecule has 0 spiro atoms. The number of hydrogen-bond donors (Lipinski definition) is 2. The van der Waals surface area contributed by atoms with Crippen molar-refractivity contribution in [2.75, 3.05) is 23.3 Å². The highest BCUT2D eigenvalue weighted by Crippen LogP contribution is 2.30. The van der Waals surface area contributed by atoms with Gasteiger partial charge in [0.25, 0.3) is 0 Å². The molecule has 30 heavy (non-hydrogen) atoms. The monoisotopic (exact) mass is 405 g/mol. The average Bonchev–Trinajstić information content (AvgIpc) is 2.76. The standard InChI is InChI=1S/C22H27N7O/c1-14(2)16-5-4-8-29(13-16)21-7-6-18(27-28-21)22-19(30)9-17(11-25-22)26-20-12-23-15(3)10-24-20/h6-7,9-12,14,16,30H,4-5,8,13H2,1-3H3,(H,24,26)/t16-/m0/s1. The summed E-state index contributed by atoms with van der Waals surface area (Å²) < 4.78 is 0. The van der Waals surface area contributed by atoms with Crippen LogP contribution in [-0.2, 0) is 0 Å². The van der Waals surface area contributed by atoms with Gasteiger partial charge in [-0.2, -0.15) is 0 Å². The van der Waals surface area contributed by atoms with Gasteiger partial charge in [-0.15, -0.1) is 10.2 Å². The molecule has 2 N–H and O–H groups in total. The van der Waals surface area contributed by atoms with Gasteiger partial charge in [0.15, 0.2) is 5.82 Å². The largest absolute Gasteiger partial charge is 0.506 e. The van der Waals surface area contributed by atoms with E-state index in [9.17, 15) is 5.11 Å². The zero-order valence-electron chi connectivity index (χ0n) is 17.6. The van der Waals surface area contributed by atoms with Crippen molar-refractivity contribution in [1.29, 1.82) is 0 Å². The van der Waals surface area contributed by atoms with E-state index in [1.807, 2.05) is 19.1 Å². The van der Waals surface area contributed by atoms with Crippen LogP contribution >= 0.6 is 0 Å². The maximum Gasteiger partial charge on any atom is 0.151 e. The summed E-state index contributed by atoms with van der Waals surface area (Å²) in [6, 6.07) is 5.42. The van der Waals surface area contributed by atoms with E-state index in [2.05, 4.69) is 49.2 Å². The lowest BCUT2D eigenvalue weighted by Crippen LogP contribution is -2.37. The van der Waals surface area contributed by atoms with Crippen LogP contribution in [0.3, 0.4) is 0 Å². The van der Waals surface area contributed by atoms with Crippen LogP contribution in [0.2, 0.25) is 0 Å². The molecule has 1 saturated heterocycles. The van der Waals surface area contributed by atoms with E-state index in [0.29, 0.717) is 34.7 Å². The van der Waals surface area contributed by atoms with E-state index in [1.54, 1.807) is 24.7 Å². The Bertz CT molecular complexity index is 989. The fourth-order valence-electron chi connectivity index (χ4n) is 3.71. The first-order chi connectivity index (χ1) is 14.5. The van der Waals surface area contributed by atoms with E-state index in [4.69, 9.17) is 0 Å². The molecule has 1 aliphatic heterocycles. The highest BCUT2D eigenvalue weighted by Gasteiger charge is 2.23. The van der Waals surface area contributed by atoms with Crippen molar-refractivity contribution in [3.63, 3.8) is 0 Å². The molecular weight excluding hydrogens is 378 g/mol. The maximum atomic E-state index is 10.5. The predicted molar refractivity (Wildman–Crippen MR) is 117 cm³/mol. The van der Waals surface area contributed by atoms with Crippen molar-refractivity contribution in [1.82, 2.24) is 25.1 Å². The summed E-state index contributed by atoms with van der Waals surface area (Å²) in [6.45, 7) is 8.45. The summed E-state index contributed by atoms with van der Waals surface area (Å²) in [4.78, 5) is 15.1. The number of rotatable bonds is 5. The second-order valence-corrected chi connectivity index (χ2v) is 8.13. The van der Waals surface area contributed by atoms with Gasteiger partial charge in [-0.05, 0) is 43.7 Å². The maximum absolute atomic E-state index is 10.5. The Morgan fingerprint density at radius 2 is 1.97 bits per heavy atom. The number of anilines is 3. The summed E-state index contributed by atoms with van der Waals surface area (Å²) in [5.74, 6) is 2.84. The van der Waals surface area contributed by atoms with Gasteiger partial charge in [-0.1, -0.05) is 13.8 Å². The summed E-state index contributed by atoms with van der Waals surface area (Å²) >= 11 is 0. The molecule has 0 aromatic carbocycles. The summed E-state index contributed by atoms with van der Waals surface area (Å²) in [5.41, 5.74) is 2.39. The van der Waals surface area contributed by atoms with E-state index in [-0.39, 0.29) is 5.75 Å². The minimum atomic E-state index is 0.0277. The highest BCUT2D eigenvalue weighted by atomic mass is 16.3. The third-order valence-corrected chi connectivity index (χ3v) is 5.54. The Balaban J connectivity index is 1.48. The Hall–Kier alpha value is -3.29. The van der Waals surface area contributed by atoms with Crippen LogP contribution in [0.5, 0.6) is 5.75 Å². The molecule has 3 aromatic heterocycles. The lowest BCUT2D eigenvalue weighted by atomic mass is 9.88. The number of aryl methyl sites for hydroxylation is 1. The van der Waals surface area contributed by atoms with Crippen molar-refractivity contribution in [3.8, 4) is 17.1 Å². The van der Waals surface area contributed by atoms with Gasteiger partial charge in [-0.25, -0.2) is 9.97 Å². The number of aromatic nitrogens is 5. The summed E-state index contributed by atoms with van der Waals surface area (Å²) in [5, 5.41) is 22.3. The molecule has 1 fully saturated rings. The van der Waals surface area contributed by atoms with Crippen molar-refractivity contribution in [2.45, 2.75) is 33.6 Å². The van der Waals surface area contributed by atoms with Gasteiger partial charge in [0.1, 0.15) is 23.0 Å². The molecular formula is C22H27N7O. The molecule has 0 aliphatic carbocycles. The quantitative estimate of drug-likeness (QED) is 0.658. The molecule has 4 heterocycles. The highest BCUT2D eigenvalue weighted by molar-refractivity contribution is 5.67. The predicted octanol–water partition coefficient (Wildman–Crippen LogP) is 3.96.